The van der Waals surface area contributed by atoms with Crippen LogP contribution in [0.15, 0.2) is 54.6 Å². The van der Waals surface area contributed by atoms with Crippen molar-refractivity contribution < 1.29 is 22.1 Å². The fraction of sp³-hybridized carbons (Fsp3) is 0.350. The van der Waals surface area contributed by atoms with Crippen molar-refractivity contribution >= 4 is 16.0 Å². The number of ether oxygens (including phenoxy) is 1. The Labute approximate surface area is 160 Å². The molecule has 0 unspecified atom stereocenters. The molecule has 0 heterocycles. The highest BCUT2D eigenvalue weighted by atomic mass is 32.2. The molecular formula is C20H25NO5S. The van der Waals surface area contributed by atoms with E-state index >= 15 is 0 Å². The van der Waals surface area contributed by atoms with E-state index < -0.39 is 10.1 Å². The van der Waals surface area contributed by atoms with E-state index in [1.807, 2.05) is 32.0 Å². The van der Waals surface area contributed by atoms with Crippen LogP contribution in [0.25, 0.3) is 0 Å². The average molecular weight is 391 g/mol. The predicted octanol–water partition coefficient (Wildman–Crippen LogP) is 3.23. The number of rotatable bonds is 9. The molecule has 0 spiro atoms. The molecule has 2 aromatic rings. The Hall–Kier alpha value is -2.54. The van der Waals surface area contributed by atoms with Crippen LogP contribution in [-0.4, -0.2) is 38.1 Å². The number of benzene rings is 2. The highest BCUT2D eigenvalue weighted by Crippen LogP contribution is 2.17. The van der Waals surface area contributed by atoms with Crippen LogP contribution in [0, 0.1) is 0 Å². The Morgan fingerprint density at radius 3 is 2.22 bits per heavy atom. The van der Waals surface area contributed by atoms with Crippen LogP contribution in [0.3, 0.4) is 0 Å². The molecule has 0 bridgehead atoms. The first-order valence-electron chi connectivity index (χ1n) is 8.74. The molecule has 0 radical (unpaired) electrons. The Bertz CT molecular complexity index is 834. The van der Waals surface area contributed by atoms with Gasteiger partial charge in [0, 0.05) is 12.6 Å². The van der Waals surface area contributed by atoms with Gasteiger partial charge >= 0.3 is 10.1 Å². The molecule has 0 saturated carbocycles. The number of hydrogen-bond acceptors (Lipinski definition) is 5. The van der Waals surface area contributed by atoms with Crippen LogP contribution < -0.4 is 8.92 Å². The quantitative estimate of drug-likeness (QED) is 0.614. The SMILES string of the molecule is CC[C@H](C)N(Cc1ccc(OS(C)(=O)=O)cc1)C(=O)COc1ccccc1. The molecule has 6 nitrogen and oxygen atoms in total. The van der Waals surface area contributed by atoms with Crippen LogP contribution in [0.5, 0.6) is 11.5 Å². The second-order valence-corrected chi connectivity index (χ2v) is 7.89. The summed E-state index contributed by atoms with van der Waals surface area (Å²) in [4.78, 5) is 14.4. The van der Waals surface area contributed by atoms with Crippen LogP contribution in [0.2, 0.25) is 0 Å². The highest BCUT2D eigenvalue weighted by molar-refractivity contribution is 7.86. The molecule has 0 aliphatic heterocycles. The fourth-order valence-corrected chi connectivity index (χ4v) is 2.94. The van der Waals surface area contributed by atoms with Gasteiger partial charge in [0.05, 0.1) is 6.26 Å². The standard InChI is InChI=1S/C20H25NO5S/c1-4-16(2)21(20(22)15-25-18-8-6-5-7-9-18)14-17-10-12-19(13-11-17)26-27(3,23)24/h5-13,16H,4,14-15H2,1-3H3/t16-/m0/s1. The minimum atomic E-state index is -3.56. The molecule has 27 heavy (non-hydrogen) atoms. The van der Waals surface area contributed by atoms with Gasteiger partial charge in [0.15, 0.2) is 6.61 Å². The molecule has 0 aliphatic rings. The van der Waals surface area contributed by atoms with Crippen molar-refractivity contribution in [3.8, 4) is 11.5 Å². The first-order valence-corrected chi connectivity index (χ1v) is 10.6. The zero-order valence-corrected chi connectivity index (χ0v) is 16.6. The van der Waals surface area contributed by atoms with Gasteiger partial charge < -0.3 is 13.8 Å². The largest absolute Gasteiger partial charge is 0.484 e. The number of carbonyl (C=O) groups is 1. The molecular weight excluding hydrogens is 366 g/mol. The first-order chi connectivity index (χ1) is 12.8. The lowest BCUT2D eigenvalue weighted by Gasteiger charge is -2.29. The van der Waals surface area contributed by atoms with Gasteiger partial charge in [-0.15, -0.1) is 0 Å². The summed E-state index contributed by atoms with van der Waals surface area (Å²) in [6, 6.07) is 15.9. The Balaban J connectivity index is 2.04. The molecule has 0 saturated heterocycles. The lowest BCUT2D eigenvalue weighted by molar-refractivity contribution is -0.136. The van der Waals surface area contributed by atoms with E-state index in [1.165, 1.54) is 0 Å². The van der Waals surface area contributed by atoms with E-state index in [4.69, 9.17) is 8.92 Å². The van der Waals surface area contributed by atoms with Crippen molar-refractivity contribution in [3.63, 3.8) is 0 Å². The number of amides is 1. The average Bonchev–Trinajstić information content (AvgIpc) is 2.64. The van der Waals surface area contributed by atoms with Crippen molar-refractivity contribution in [3.05, 3.63) is 60.2 Å². The zero-order valence-electron chi connectivity index (χ0n) is 15.8. The second-order valence-electron chi connectivity index (χ2n) is 6.31. The van der Waals surface area contributed by atoms with Gasteiger partial charge in [0.1, 0.15) is 11.5 Å². The van der Waals surface area contributed by atoms with Gasteiger partial charge in [-0.05, 0) is 43.2 Å². The topological polar surface area (TPSA) is 72.9 Å². The summed E-state index contributed by atoms with van der Waals surface area (Å²) < 4.78 is 32.8. The Kier molecular flexibility index (Phi) is 7.24. The van der Waals surface area contributed by atoms with Crippen molar-refractivity contribution in [1.82, 2.24) is 4.90 Å². The molecule has 7 heteroatoms. The van der Waals surface area contributed by atoms with Gasteiger partial charge in [-0.2, -0.15) is 8.42 Å². The van der Waals surface area contributed by atoms with Crippen molar-refractivity contribution in [2.75, 3.05) is 12.9 Å². The molecule has 146 valence electrons. The minimum Gasteiger partial charge on any atom is -0.484 e. The predicted molar refractivity (Wildman–Crippen MR) is 104 cm³/mol. The van der Waals surface area contributed by atoms with Gasteiger partial charge in [-0.25, -0.2) is 0 Å². The maximum atomic E-state index is 12.7. The number of hydrogen-bond donors (Lipinski definition) is 0. The summed E-state index contributed by atoms with van der Waals surface area (Å²) in [7, 11) is -3.56. The molecule has 1 atom stereocenters. The van der Waals surface area contributed by atoms with E-state index in [0.717, 1.165) is 18.2 Å². The number of para-hydroxylation sites is 1. The maximum absolute atomic E-state index is 12.7. The van der Waals surface area contributed by atoms with Crippen LogP contribution in [-0.2, 0) is 21.5 Å². The summed E-state index contributed by atoms with van der Waals surface area (Å²) in [6.45, 7) is 4.38. The Morgan fingerprint density at radius 1 is 1.04 bits per heavy atom. The summed E-state index contributed by atoms with van der Waals surface area (Å²) >= 11 is 0. The summed E-state index contributed by atoms with van der Waals surface area (Å²) in [6.07, 6.45) is 1.81. The monoisotopic (exact) mass is 391 g/mol. The second kappa shape index (κ2) is 9.41. The van der Waals surface area contributed by atoms with E-state index in [1.54, 1.807) is 41.3 Å². The molecule has 2 aromatic carbocycles. The van der Waals surface area contributed by atoms with Gasteiger partial charge in [-0.3, -0.25) is 4.79 Å². The molecule has 2 rings (SSSR count). The normalized spacial score (nSPS) is 12.3. The van der Waals surface area contributed by atoms with Crippen molar-refractivity contribution in [1.29, 1.82) is 0 Å². The van der Waals surface area contributed by atoms with Crippen molar-refractivity contribution in [2.24, 2.45) is 0 Å². The van der Waals surface area contributed by atoms with E-state index in [9.17, 15) is 13.2 Å². The third-order valence-corrected chi connectivity index (χ3v) is 4.57. The number of nitrogens with zero attached hydrogens (tertiary/aromatic N) is 1. The third-order valence-electron chi connectivity index (χ3n) is 4.07. The Morgan fingerprint density at radius 2 is 1.67 bits per heavy atom. The third kappa shape index (κ3) is 6.94. The van der Waals surface area contributed by atoms with Crippen LogP contribution in [0.4, 0.5) is 0 Å². The lowest BCUT2D eigenvalue weighted by Crippen LogP contribution is -2.40. The smallest absolute Gasteiger partial charge is 0.306 e. The van der Waals surface area contributed by atoms with E-state index in [-0.39, 0.29) is 24.3 Å². The van der Waals surface area contributed by atoms with Crippen LogP contribution >= 0.6 is 0 Å². The zero-order chi connectivity index (χ0) is 19.9. The minimum absolute atomic E-state index is 0.0381. The van der Waals surface area contributed by atoms with Gasteiger partial charge in [-0.1, -0.05) is 37.3 Å². The molecule has 0 fully saturated rings. The lowest BCUT2D eigenvalue weighted by atomic mass is 10.1. The van der Waals surface area contributed by atoms with Gasteiger partial charge in [0.2, 0.25) is 0 Å². The molecule has 1 amide bonds. The van der Waals surface area contributed by atoms with Gasteiger partial charge in [0.25, 0.3) is 5.91 Å². The highest BCUT2D eigenvalue weighted by Gasteiger charge is 2.20. The first kappa shape index (κ1) is 20.8. The number of carbonyl (C=O) groups excluding carboxylic acids is 1. The molecule has 0 aliphatic carbocycles. The summed E-state index contributed by atoms with van der Waals surface area (Å²) in [5.74, 6) is 0.789. The maximum Gasteiger partial charge on any atom is 0.306 e. The molecule has 0 aromatic heterocycles. The van der Waals surface area contributed by atoms with Crippen LogP contribution in [0.1, 0.15) is 25.8 Å². The van der Waals surface area contributed by atoms with Crippen molar-refractivity contribution in [2.45, 2.75) is 32.9 Å². The summed E-state index contributed by atoms with van der Waals surface area (Å²) in [5.41, 5.74) is 0.879. The fourth-order valence-electron chi connectivity index (χ4n) is 2.48. The van der Waals surface area contributed by atoms with E-state index in [0.29, 0.717) is 12.3 Å². The van der Waals surface area contributed by atoms with E-state index in [2.05, 4.69) is 0 Å². The summed E-state index contributed by atoms with van der Waals surface area (Å²) in [5, 5.41) is 0. The molecule has 0 N–H and O–H groups in total.